The fourth-order valence-corrected chi connectivity index (χ4v) is 1.67. The van der Waals surface area contributed by atoms with Gasteiger partial charge in [0.05, 0.1) is 5.60 Å². The SMILES string of the molecule is COC(C)(C)CNc1ccc(C(N)=S)c(C)c1. The van der Waals surface area contributed by atoms with E-state index in [0.717, 1.165) is 23.4 Å². The Hall–Kier alpha value is -1.13. The molecule has 0 heterocycles. The first-order chi connectivity index (χ1) is 7.85. The van der Waals surface area contributed by atoms with Gasteiger partial charge in [-0.3, -0.25) is 0 Å². The maximum Gasteiger partial charge on any atom is 0.104 e. The quantitative estimate of drug-likeness (QED) is 0.790. The molecule has 0 bridgehead atoms. The monoisotopic (exact) mass is 252 g/mol. The van der Waals surface area contributed by atoms with Crippen LogP contribution in [0.5, 0.6) is 0 Å². The second kappa shape index (κ2) is 5.47. The van der Waals surface area contributed by atoms with Gasteiger partial charge in [0.2, 0.25) is 0 Å². The van der Waals surface area contributed by atoms with E-state index in [-0.39, 0.29) is 5.60 Å². The third-order valence-corrected chi connectivity index (χ3v) is 2.98. The van der Waals surface area contributed by atoms with E-state index in [0.29, 0.717) is 4.99 Å². The molecule has 0 aliphatic rings. The Morgan fingerprint density at radius 1 is 1.47 bits per heavy atom. The standard InChI is InChI=1S/C13H20N2OS/c1-9-7-10(5-6-11(9)12(14)17)15-8-13(2,3)16-4/h5-7,15H,8H2,1-4H3,(H2,14,17). The minimum atomic E-state index is -0.185. The van der Waals surface area contributed by atoms with E-state index < -0.39 is 0 Å². The second-order valence-corrected chi connectivity index (χ2v) is 5.15. The van der Waals surface area contributed by atoms with Crippen LogP contribution >= 0.6 is 12.2 Å². The molecule has 0 saturated heterocycles. The van der Waals surface area contributed by atoms with Crippen LogP contribution in [0, 0.1) is 6.92 Å². The molecule has 0 saturated carbocycles. The fraction of sp³-hybridized carbons (Fsp3) is 0.462. The number of hydrogen-bond donors (Lipinski definition) is 2. The molecule has 0 aliphatic heterocycles. The van der Waals surface area contributed by atoms with Gasteiger partial charge in [0.25, 0.3) is 0 Å². The van der Waals surface area contributed by atoms with Crippen molar-refractivity contribution in [3.8, 4) is 0 Å². The van der Waals surface area contributed by atoms with Gasteiger partial charge in [0.1, 0.15) is 4.99 Å². The fourth-order valence-electron chi connectivity index (χ4n) is 1.44. The van der Waals surface area contributed by atoms with E-state index in [9.17, 15) is 0 Å². The Morgan fingerprint density at radius 3 is 2.59 bits per heavy atom. The number of nitrogens with one attached hydrogen (secondary N) is 1. The summed E-state index contributed by atoms with van der Waals surface area (Å²) >= 11 is 4.97. The molecule has 3 nitrogen and oxygen atoms in total. The predicted octanol–water partition coefficient (Wildman–Crippen LogP) is 2.47. The van der Waals surface area contributed by atoms with Crippen molar-refractivity contribution >= 4 is 22.9 Å². The minimum Gasteiger partial charge on any atom is -0.389 e. The number of nitrogens with two attached hydrogens (primary N) is 1. The van der Waals surface area contributed by atoms with Gasteiger partial charge in [0, 0.05) is 24.9 Å². The highest BCUT2D eigenvalue weighted by atomic mass is 32.1. The van der Waals surface area contributed by atoms with Gasteiger partial charge >= 0.3 is 0 Å². The molecule has 1 aromatic carbocycles. The van der Waals surface area contributed by atoms with Gasteiger partial charge in [0.15, 0.2) is 0 Å². The van der Waals surface area contributed by atoms with E-state index in [2.05, 4.69) is 5.32 Å². The van der Waals surface area contributed by atoms with Crippen LogP contribution in [-0.4, -0.2) is 24.2 Å². The van der Waals surface area contributed by atoms with Crippen LogP contribution in [0.25, 0.3) is 0 Å². The molecule has 0 radical (unpaired) electrons. The summed E-state index contributed by atoms with van der Waals surface area (Å²) in [5.41, 5.74) is 8.49. The molecule has 0 unspecified atom stereocenters. The number of aryl methyl sites for hydroxylation is 1. The van der Waals surface area contributed by atoms with E-state index >= 15 is 0 Å². The highest BCUT2D eigenvalue weighted by Crippen LogP contribution is 2.17. The molecule has 3 N–H and O–H groups in total. The molecule has 4 heteroatoms. The van der Waals surface area contributed by atoms with Gasteiger partial charge in [-0.2, -0.15) is 0 Å². The zero-order valence-electron chi connectivity index (χ0n) is 10.8. The molecule has 0 aromatic heterocycles. The molecule has 1 rings (SSSR count). The van der Waals surface area contributed by atoms with Crippen LogP contribution in [-0.2, 0) is 4.74 Å². The molecule has 0 atom stereocenters. The van der Waals surface area contributed by atoms with Crippen molar-refractivity contribution in [3.05, 3.63) is 29.3 Å². The lowest BCUT2D eigenvalue weighted by Gasteiger charge is -2.24. The molecule has 94 valence electrons. The Kier molecular flexibility index (Phi) is 4.48. The summed E-state index contributed by atoms with van der Waals surface area (Å²) in [5.74, 6) is 0. The molecule has 0 amide bonds. The van der Waals surface area contributed by atoms with Crippen LogP contribution < -0.4 is 11.1 Å². The first-order valence-corrected chi connectivity index (χ1v) is 5.96. The molecule has 0 spiro atoms. The van der Waals surface area contributed by atoms with E-state index in [4.69, 9.17) is 22.7 Å². The average molecular weight is 252 g/mol. The summed E-state index contributed by atoms with van der Waals surface area (Å²) in [6, 6.07) is 5.97. The highest BCUT2D eigenvalue weighted by Gasteiger charge is 2.15. The second-order valence-electron chi connectivity index (χ2n) is 4.71. The van der Waals surface area contributed by atoms with E-state index in [1.165, 1.54) is 0 Å². The Balaban J connectivity index is 2.75. The normalized spacial score (nSPS) is 11.3. The van der Waals surface area contributed by atoms with Crippen molar-refractivity contribution in [2.75, 3.05) is 19.0 Å². The molecular weight excluding hydrogens is 232 g/mol. The molecule has 0 fully saturated rings. The van der Waals surface area contributed by atoms with E-state index in [1.54, 1.807) is 7.11 Å². The zero-order valence-corrected chi connectivity index (χ0v) is 11.6. The molecule has 17 heavy (non-hydrogen) atoms. The number of rotatable bonds is 5. The van der Waals surface area contributed by atoms with E-state index in [1.807, 2.05) is 39.0 Å². The van der Waals surface area contributed by atoms with Crippen molar-refractivity contribution in [2.24, 2.45) is 5.73 Å². The van der Waals surface area contributed by atoms with Crippen LogP contribution in [0.4, 0.5) is 5.69 Å². The first-order valence-electron chi connectivity index (χ1n) is 5.55. The summed E-state index contributed by atoms with van der Waals surface area (Å²) in [6.07, 6.45) is 0. The topological polar surface area (TPSA) is 47.3 Å². The minimum absolute atomic E-state index is 0.185. The Morgan fingerprint density at radius 2 is 2.12 bits per heavy atom. The third-order valence-electron chi connectivity index (χ3n) is 2.76. The molecule has 1 aromatic rings. The average Bonchev–Trinajstić information content (AvgIpc) is 2.26. The van der Waals surface area contributed by atoms with Gasteiger partial charge in [-0.15, -0.1) is 0 Å². The molecular formula is C13H20N2OS. The van der Waals surface area contributed by atoms with Crippen LogP contribution in [0.15, 0.2) is 18.2 Å². The van der Waals surface area contributed by atoms with Crippen molar-refractivity contribution in [1.29, 1.82) is 0 Å². The van der Waals surface area contributed by atoms with Crippen LogP contribution in [0.1, 0.15) is 25.0 Å². The lowest BCUT2D eigenvalue weighted by Crippen LogP contribution is -2.32. The van der Waals surface area contributed by atoms with Crippen LogP contribution in [0.2, 0.25) is 0 Å². The largest absolute Gasteiger partial charge is 0.389 e. The van der Waals surface area contributed by atoms with Gasteiger partial charge in [-0.05, 0) is 44.5 Å². The van der Waals surface area contributed by atoms with Crippen molar-refractivity contribution < 1.29 is 4.74 Å². The summed E-state index contributed by atoms with van der Waals surface area (Å²) < 4.78 is 5.35. The number of hydrogen-bond acceptors (Lipinski definition) is 3. The van der Waals surface area contributed by atoms with Crippen molar-refractivity contribution in [1.82, 2.24) is 0 Å². The Labute approximate surface area is 108 Å². The summed E-state index contributed by atoms with van der Waals surface area (Å²) in [7, 11) is 1.71. The first kappa shape index (κ1) is 13.9. The predicted molar refractivity (Wildman–Crippen MR) is 76.6 cm³/mol. The summed E-state index contributed by atoms with van der Waals surface area (Å²) in [5, 5.41) is 3.33. The smallest absolute Gasteiger partial charge is 0.104 e. The number of anilines is 1. The van der Waals surface area contributed by atoms with Gasteiger partial charge < -0.3 is 15.8 Å². The van der Waals surface area contributed by atoms with Crippen LogP contribution in [0.3, 0.4) is 0 Å². The molecule has 0 aliphatic carbocycles. The van der Waals surface area contributed by atoms with Gasteiger partial charge in [-0.25, -0.2) is 0 Å². The van der Waals surface area contributed by atoms with Crippen molar-refractivity contribution in [2.45, 2.75) is 26.4 Å². The highest BCUT2D eigenvalue weighted by molar-refractivity contribution is 7.80. The third kappa shape index (κ3) is 3.98. The number of methoxy groups -OCH3 is 1. The number of ether oxygens (including phenoxy) is 1. The maximum absolute atomic E-state index is 5.62. The van der Waals surface area contributed by atoms with Gasteiger partial charge in [-0.1, -0.05) is 12.2 Å². The zero-order chi connectivity index (χ0) is 13.1. The number of benzene rings is 1. The summed E-state index contributed by atoms with van der Waals surface area (Å²) in [4.78, 5) is 0.436. The lowest BCUT2D eigenvalue weighted by molar-refractivity contribution is 0.0344. The maximum atomic E-state index is 5.62. The summed E-state index contributed by atoms with van der Waals surface area (Å²) in [6.45, 7) is 6.82. The Bertz CT molecular complexity index is 416. The number of thiocarbonyl (C=S) groups is 1. The van der Waals surface area contributed by atoms with Crippen molar-refractivity contribution in [3.63, 3.8) is 0 Å². The lowest BCUT2D eigenvalue weighted by atomic mass is 10.1.